The number of nitrogens with one attached hydrogen (secondary N) is 1. The summed E-state index contributed by atoms with van der Waals surface area (Å²) in [5.74, 6) is 0.121. The van der Waals surface area contributed by atoms with Gasteiger partial charge in [-0.1, -0.05) is 18.2 Å². The quantitative estimate of drug-likeness (QED) is 0.873. The Morgan fingerprint density at radius 2 is 2.18 bits per heavy atom. The van der Waals surface area contributed by atoms with E-state index >= 15 is 0 Å². The van der Waals surface area contributed by atoms with E-state index in [1.54, 1.807) is 0 Å². The second-order valence-corrected chi connectivity index (χ2v) is 5.64. The molecule has 22 heavy (non-hydrogen) atoms. The van der Waals surface area contributed by atoms with Crippen LogP contribution in [0, 0.1) is 5.92 Å². The van der Waals surface area contributed by atoms with Crippen molar-refractivity contribution >= 4 is 16.8 Å². The van der Waals surface area contributed by atoms with Crippen molar-refractivity contribution in [3.05, 3.63) is 42.1 Å². The highest BCUT2D eigenvalue weighted by Gasteiger charge is 2.29. The number of carbonyl (C=O) groups excluding carboxylic acids is 1. The first-order valence-electron chi connectivity index (χ1n) is 7.58. The van der Waals surface area contributed by atoms with E-state index in [4.69, 9.17) is 9.84 Å². The molecule has 116 valence electrons. The summed E-state index contributed by atoms with van der Waals surface area (Å²) in [5, 5.41) is 12.9. The minimum atomic E-state index is -0.126. The zero-order chi connectivity index (χ0) is 15.4. The van der Waals surface area contributed by atoms with Crippen LogP contribution in [0.2, 0.25) is 0 Å². The zero-order valence-electron chi connectivity index (χ0n) is 12.4. The van der Waals surface area contributed by atoms with E-state index in [0.717, 1.165) is 17.3 Å². The smallest absolute Gasteiger partial charge is 0.222 e. The number of amides is 1. The van der Waals surface area contributed by atoms with Gasteiger partial charge in [-0.05, 0) is 24.1 Å². The Bertz CT molecular complexity index is 654. The van der Waals surface area contributed by atoms with Crippen molar-refractivity contribution in [2.45, 2.75) is 18.9 Å². The Morgan fingerprint density at radius 3 is 3.05 bits per heavy atom. The topological polar surface area (TPSA) is 71.5 Å². The molecular formula is C17H20N2O3. The van der Waals surface area contributed by atoms with Crippen molar-refractivity contribution < 1.29 is 14.6 Å². The molecule has 5 heteroatoms. The van der Waals surface area contributed by atoms with Crippen LogP contribution in [0.3, 0.4) is 0 Å². The maximum absolute atomic E-state index is 11.7. The van der Waals surface area contributed by atoms with E-state index < -0.39 is 0 Å². The number of ether oxygens (including phenoxy) is 1. The number of nitrogens with zero attached hydrogens (tertiary/aromatic N) is 1. The summed E-state index contributed by atoms with van der Waals surface area (Å²) in [4.78, 5) is 16.1. The molecule has 3 rings (SSSR count). The van der Waals surface area contributed by atoms with Crippen molar-refractivity contribution in [3.63, 3.8) is 0 Å². The summed E-state index contributed by atoms with van der Waals surface area (Å²) in [6.07, 6.45) is 2.81. The molecule has 5 nitrogen and oxygen atoms in total. The molecule has 2 heterocycles. The molecule has 1 aliphatic rings. The highest BCUT2D eigenvalue weighted by atomic mass is 16.5. The number of para-hydroxylation sites is 1. The normalized spacial score (nSPS) is 21.1. The first-order valence-corrected chi connectivity index (χ1v) is 7.58. The van der Waals surface area contributed by atoms with Gasteiger partial charge in [-0.2, -0.15) is 0 Å². The summed E-state index contributed by atoms with van der Waals surface area (Å²) in [6.45, 7) is 1.05. The first-order chi connectivity index (χ1) is 10.8. The zero-order valence-corrected chi connectivity index (χ0v) is 12.4. The summed E-state index contributed by atoms with van der Waals surface area (Å²) in [6, 6.07) is 10.1. The summed E-state index contributed by atoms with van der Waals surface area (Å²) < 4.78 is 5.54. The van der Waals surface area contributed by atoms with Gasteiger partial charge in [0.2, 0.25) is 5.91 Å². The number of carbonyl (C=O) groups is 1. The van der Waals surface area contributed by atoms with Gasteiger partial charge in [-0.25, -0.2) is 0 Å². The van der Waals surface area contributed by atoms with Gasteiger partial charge in [0, 0.05) is 23.9 Å². The lowest BCUT2D eigenvalue weighted by molar-refractivity contribution is -0.122. The molecule has 1 amide bonds. The number of pyridine rings is 1. The summed E-state index contributed by atoms with van der Waals surface area (Å²) >= 11 is 0. The fourth-order valence-corrected chi connectivity index (χ4v) is 2.96. The molecule has 0 aliphatic carbocycles. The van der Waals surface area contributed by atoms with Crippen LogP contribution < -0.4 is 5.32 Å². The van der Waals surface area contributed by atoms with Crippen molar-refractivity contribution in [1.82, 2.24) is 10.3 Å². The van der Waals surface area contributed by atoms with Crippen LogP contribution in [-0.2, 0) is 16.0 Å². The Labute approximate surface area is 129 Å². The second-order valence-electron chi connectivity index (χ2n) is 5.64. The molecule has 2 aromatic rings. The van der Waals surface area contributed by atoms with Gasteiger partial charge in [0.1, 0.15) is 0 Å². The van der Waals surface area contributed by atoms with Crippen molar-refractivity contribution in [2.24, 2.45) is 5.92 Å². The number of benzene rings is 1. The third-order valence-electron chi connectivity index (χ3n) is 4.11. The number of fused-ring (bicyclic) bond motifs is 1. The van der Waals surface area contributed by atoms with Gasteiger partial charge in [0.25, 0.3) is 0 Å². The van der Waals surface area contributed by atoms with E-state index in [9.17, 15) is 4.79 Å². The molecular weight excluding hydrogens is 280 g/mol. The number of hydrogen-bond acceptors (Lipinski definition) is 4. The highest BCUT2D eigenvalue weighted by Crippen LogP contribution is 2.24. The maximum Gasteiger partial charge on any atom is 0.222 e. The SMILES string of the molecule is O=C(CCO)NC1COCC1Cc1ccnc2ccccc12. The predicted molar refractivity (Wildman–Crippen MR) is 83.4 cm³/mol. The average molecular weight is 300 g/mol. The molecule has 2 atom stereocenters. The second kappa shape index (κ2) is 6.85. The highest BCUT2D eigenvalue weighted by molar-refractivity contribution is 5.81. The number of aromatic nitrogens is 1. The molecule has 0 spiro atoms. The fraction of sp³-hybridized carbons (Fsp3) is 0.412. The van der Waals surface area contributed by atoms with Gasteiger partial charge in [-0.15, -0.1) is 0 Å². The van der Waals surface area contributed by atoms with Gasteiger partial charge < -0.3 is 15.2 Å². The Kier molecular flexibility index (Phi) is 4.65. The van der Waals surface area contributed by atoms with E-state index in [0.29, 0.717) is 13.2 Å². The lowest BCUT2D eigenvalue weighted by Gasteiger charge is -2.19. The summed E-state index contributed by atoms with van der Waals surface area (Å²) in [5.41, 5.74) is 2.21. The third kappa shape index (κ3) is 3.26. The standard InChI is InChI=1S/C17H20N2O3/c20-8-6-17(21)19-16-11-22-10-13(16)9-12-5-7-18-15-4-2-1-3-14(12)15/h1-5,7,13,16,20H,6,8-11H2,(H,19,21). The third-order valence-corrected chi connectivity index (χ3v) is 4.11. The van der Waals surface area contributed by atoms with Crippen molar-refractivity contribution in [3.8, 4) is 0 Å². The van der Waals surface area contributed by atoms with Crippen LogP contribution >= 0.6 is 0 Å². The van der Waals surface area contributed by atoms with E-state index in [1.165, 1.54) is 5.56 Å². The molecule has 2 unspecified atom stereocenters. The molecule has 1 aliphatic heterocycles. The number of aliphatic hydroxyl groups excluding tert-OH is 1. The molecule has 1 fully saturated rings. The molecule has 0 radical (unpaired) electrons. The summed E-state index contributed by atoms with van der Waals surface area (Å²) in [7, 11) is 0. The minimum Gasteiger partial charge on any atom is -0.396 e. The van der Waals surface area contributed by atoms with Crippen molar-refractivity contribution in [2.75, 3.05) is 19.8 Å². The number of aliphatic hydroxyl groups is 1. The van der Waals surface area contributed by atoms with Crippen LogP contribution in [0.4, 0.5) is 0 Å². The monoisotopic (exact) mass is 300 g/mol. The van der Waals surface area contributed by atoms with Crippen LogP contribution in [0.15, 0.2) is 36.5 Å². The predicted octanol–water partition coefficient (Wildman–Crippen LogP) is 1.29. The average Bonchev–Trinajstić information content (AvgIpc) is 2.95. The van der Waals surface area contributed by atoms with Crippen molar-refractivity contribution in [1.29, 1.82) is 0 Å². The fourth-order valence-electron chi connectivity index (χ4n) is 2.96. The largest absolute Gasteiger partial charge is 0.396 e. The molecule has 2 N–H and O–H groups in total. The van der Waals surface area contributed by atoms with E-state index in [-0.39, 0.29) is 30.9 Å². The Balaban J connectivity index is 1.74. The lowest BCUT2D eigenvalue weighted by Crippen LogP contribution is -2.40. The molecule has 1 aromatic heterocycles. The van der Waals surface area contributed by atoms with Gasteiger partial charge >= 0.3 is 0 Å². The Morgan fingerprint density at radius 1 is 1.32 bits per heavy atom. The first kappa shape index (κ1) is 14.9. The minimum absolute atomic E-state index is 0.00553. The van der Waals surface area contributed by atoms with E-state index in [1.807, 2.05) is 30.5 Å². The van der Waals surface area contributed by atoms with E-state index in [2.05, 4.69) is 16.4 Å². The van der Waals surface area contributed by atoms with Gasteiger partial charge in [-0.3, -0.25) is 9.78 Å². The van der Waals surface area contributed by atoms with Gasteiger partial charge in [0.15, 0.2) is 0 Å². The van der Waals surface area contributed by atoms with Crippen LogP contribution in [0.5, 0.6) is 0 Å². The molecule has 0 bridgehead atoms. The van der Waals surface area contributed by atoms with Crippen LogP contribution in [-0.4, -0.2) is 41.9 Å². The Hall–Kier alpha value is -1.98. The number of hydrogen-bond donors (Lipinski definition) is 2. The molecule has 1 saturated heterocycles. The molecule has 0 saturated carbocycles. The van der Waals surface area contributed by atoms with Gasteiger partial charge in [0.05, 0.1) is 31.4 Å². The molecule has 1 aromatic carbocycles. The maximum atomic E-state index is 11.7. The number of rotatable bonds is 5. The lowest BCUT2D eigenvalue weighted by atomic mass is 9.93. The van der Waals surface area contributed by atoms with Crippen LogP contribution in [0.25, 0.3) is 10.9 Å². The van der Waals surface area contributed by atoms with Crippen LogP contribution in [0.1, 0.15) is 12.0 Å².